The van der Waals surface area contributed by atoms with E-state index in [1.807, 2.05) is 0 Å². The summed E-state index contributed by atoms with van der Waals surface area (Å²) in [5.74, 6) is 0. The van der Waals surface area contributed by atoms with Crippen molar-refractivity contribution in [3.8, 4) is 0 Å². The maximum absolute atomic E-state index is 5.43. The lowest BCUT2D eigenvalue weighted by Crippen LogP contribution is -2.03. The molecule has 53 valence electrons. The molecule has 0 fully saturated rings. The summed E-state index contributed by atoms with van der Waals surface area (Å²) in [6, 6.07) is 0. The Morgan fingerprint density at radius 2 is 1.89 bits per heavy atom. The van der Waals surface area contributed by atoms with Crippen LogP contribution in [0.25, 0.3) is 0 Å². The van der Waals surface area contributed by atoms with Crippen molar-refractivity contribution in [1.29, 1.82) is 0 Å². The molecule has 0 N–H and O–H groups in total. The molecule has 3 radical (unpaired) electrons. The van der Waals surface area contributed by atoms with Gasteiger partial charge in [0.15, 0.2) is 3.79 Å². The van der Waals surface area contributed by atoms with Crippen molar-refractivity contribution in [3.05, 3.63) is 0 Å². The van der Waals surface area contributed by atoms with E-state index in [1.54, 1.807) is 0 Å². The lowest BCUT2D eigenvalue weighted by Gasteiger charge is -2.08. The Labute approximate surface area is 73.2 Å². The molecule has 0 heterocycles. The second-order valence-electron chi connectivity index (χ2n) is 1.57. The number of alkyl halides is 3. The molecule has 0 amide bonds. The Hall–Kier alpha value is 1.05. The normalized spacial score (nSPS) is 12.0. The molecular formula is C4H6Cl3OSi. The van der Waals surface area contributed by atoms with Gasteiger partial charge in [0, 0.05) is 6.61 Å². The first-order valence-electron chi connectivity index (χ1n) is 2.41. The van der Waals surface area contributed by atoms with Crippen molar-refractivity contribution in [1.82, 2.24) is 0 Å². The molecule has 0 saturated heterocycles. The molecule has 0 rings (SSSR count). The quantitative estimate of drug-likeness (QED) is 0.389. The van der Waals surface area contributed by atoms with Gasteiger partial charge in [0.25, 0.3) is 0 Å². The Morgan fingerprint density at radius 1 is 1.33 bits per heavy atom. The Bertz CT molecular complexity index is 72.7. The smallest absolute Gasteiger partial charge is 0.246 e. The van der Waals surface area contributed by atoms with Gasteiger partial charge in [0.1, 0.15) is 0 Å². The molecule has 0 saturated carbocycles. The fourth-order valence-corrected chi connectivity index (χ4v) is 0.890. The van der Waals surface area contributed by atoms with Crippen molar-refractivity contribution < 1.29 is 4.43 Å². The number of hydrogen-bond donors (Lipinski definition) is 0. The largest absolute Gasteiger partial charge is 0.419 e. The van der Waals surface area contributed by atoms with Crippen molar-refractivity contribution >= 4 is 45.3 Å². The highest BCUT2D eigenvalue weighted by atomic mass is 35.6. The molecule has 5 heteroatoms. The van der Waals surface area contributed by atoms with Crippen LogP contribution in [0.15, 0.2) is 0 Å². The lowest BCUT2D eigenvalue weighted by atomic mass is 10.4. The van der Waals surface area contributed by atoms with Gasteiger partial charge in [-0.3, -0.25) is 0 Å². The molecule has 0 aliphatic rings. The van der Waals surface area contributed by atoms with Gasteiger partial charge in [-0.2, -0.15) is 0 Å². The van der Waals surface area contributed by atoms with Crippen LogP contribution in [-0.4, -0.2) is 20.9 Å². The highest BCUT2D eigenvalue weighted by molar-refractivity contribution is 6.67. The Balaban J connectivity index is 3.07. The van der Waals surface area contributed by atoms with Crippen LogP contribution in [-0.2, 0) is 4.43 Å². The van der Waals surface area contributed by atoms with Crippen molar-refractivity contribution in [3.63, 3.8) is 0 Å². The minimum absolute atomic E-state index is 0.516. The second-order valence-corrected chi connectivity index (χ2v) is 4.37. The van der Waals surface area contributed by atoms with Crippen LogP contribution in [0.2, 0.25) is 0 Å². The second kappa shape index (κ2) is 4.80. The van der Waals surface area contributed by atoms with E-state index in [2.05, 4.69) is 14.9 Å². The molecule has 9 heavy (non-hydrogen) atoms. The maximum Gasteiger partial charge on any atom is 0.246 e. The van der Waals surface area contributed by atoms with Crippen LogP contribution in [0.3, 0.4) is 0 Å². The van der Waals surface area contributed by atoms with Gasteiger partial charge in [0.2, 0.25) is 10.5 Å². The summed E-state index contributed by atoms with van der Waals surface area (Å²) < 4.78 is 3.43. The summed E-state index contributed by atoms with van der Waals surface area (Å²) in [6.45, 7) is 0.560. The van der Waals surface area contributed by atoms with Crippen LogP contribution in [0.4, 0.5) is 0 Å². The summed E-state index contributed by atoms with van der Waals surface area (Å²) in [5.41, 5.74) is 0. The standard InChI is InChI=1S/C4H6Cl3OSi/c5-4(6,7)2-1-3-8-9/h1-3H2. The molecule has 0 aliphatic carbocycles. The van der Waals surface area contributed by atoms with Gasteiger partial charge in [-0.1, -0.05) is 34.8 Å². The van der Waals surface area contributed by atoms with E-state index in [0.29, 0.717) is 13.0 Å². The number of rotatable bonds is 3. The third-order valence-electron chi connectivity index (χ3n) is 0.707. The minimum atomic E-state index is -1.13. The zero-order valence-corrected chi connectivity index (χ0v) is 7.93. The monoisotopic (exact) mass is 203 g/mol. The van der Waals surface area contributed by atoms with E-state index in [0.717, 1.165) is 6.42 Å². The average molecular weight is 205 g/mol. The van der Waals surface area contributed by atoms with Crippen LogP contribution < -0.4 is 0 Å². The summed E-state index contributed by atoms with van der Waals surface area (Å²) in [5, 5.41) is 0. The van der Waals surface area contributed by atoms with Crippen molar-refractivity contribution in [2.75, 3.05) is 6.61 Å². The zero-order chi connectivity index (χ0) is 7.33. The van der Waals surface area contributed by atoms with Gasteiger partial charge in [-0.15, -0.1) is 0 Å². The first-order chi connectivity index (χ1) is 4.06. The van der Waals surface area contributed by atoms with E-state index < -0.39 is 3.79 Å². The molecule has 0 bridgehead atoms. The Morgan fingerprint density at radius 3 is 2.22 bits per heavy atom. The topological polar surface area (TPSA) is 9.23 Å². The predicted molar refractivity (Wildman–Crippen MR) is 41.2 cm³/mol. The van der Waals surface area contributed by atoms with Crippen LogP contribution >= 0.6 is 34.8 Å². The third-order valence-corrected chi connectivity index (χ3v) is 1.48. The van der Waals surface area contributed by atoms with E-state index in [1.165, 1.54) is 0 Å². The third kappa shape index (κ3) is 9.05. The first-order valence-corrected chi connectivity index (χ1v) is 3.96. The van der Waals surface area contributed by atoms with Crippen molar-refractivity contribution in [2.45, 2.75) is 16.6 Å². The molecule has 0 aromatic heterocycles. The average Bonchev–Trinajstić information content (AvgIpc) is 1.63. The molecule has 0 aromatic carbocycles. The van der Waals surface area contributed by atoms with Gasteiger partial charge < -0.3 is 4.43 Å². The van der Waals surface area contributed by atoms with Crippen LogP contribution in [0.5, 0.6) is 0 Å². The molecule has 0 aromatic rings. The van der Waals surface area contributed by atoms with Gasteiger partial charge in [-0.05, 0) is 12.8 Å². The summed E-state index contributed by atoms with van der Waals surface area (Å²) >= 11 is 16.3. The summed E-state index contributed by atoms with van der Waals surface area (Å²) in [4.78, 5) is 0. The molecule has 0 aliphatic heterocycles. The van der Waals surface area contributed by atoms with E-state index >= 15 is 0 Å². The van der Waals surface area contributed by atoms with Crippen LogP contribution in [0.1, 0.15) is 12.8 Å². The van der Waals surface area contributed by atoms with Crippen LogP contribution in [0, 0.1) is 0 Å². The van der Waals surface area contributed by atoms with E-state index in [9.17, 15) is 0 Å². The fraction of sp³-hybridized carbons (Fsp3) is 1.00. The lowest BCUT2D eigenvalue weighted by molar-refractivity contribution is 0.337. The molecule has 0 unspecified atom stereocenters. The summed E-state index contributed by atoms with van der Waals surface area (Å²) in [7, 11) is 2.83. The minimum Gasteiger partial charge on any atom is -0.419 e. The first kappa shape index (κ1) is 10.0. The van der Waals surface area contributed by atoms with Gasteiger partial charge in [-0.25, -0.2) is 0 Å². The number of hydrogen-bond acceptors (Lipinski definition) is 1. The SMILES string of the molecule is [Si]OCCCC(Cl)(Cl)Cl. The number of halogens is 3. The predicted octanol–water partition coefficient (Wildman–Crippen LogP) is 2.24. The molecule has 0 atom stereocenters. The Kier molecular flexibility index (Phi) is 5.36. The summed E-state index contributed by atoms with van der Waals surface area (Å²) in [6.07, 6.45) is 1.25. The van der Waals surface area contributed by atoms with Gasteiger partial charge in [0.05, 0.1) is 0 Å². The van der Waals surface area contributed by atoms with Gasteiger partial charge >= 0.3 is 0 Å². The maximum atomic E-state index is 5.43. The fourth-order valence-electron chi connectivity index (χ4n) is 0.345. The molecular weight excluding hydrogens is 198 g/mol. The zero-order valence-electron chi connectivity index (χ0n) is 4.66. The highest BCUT2D eigenvalue weighted by Gasteiger charge is 2.17. The molecule has 0 spiro atoms. The molecule has 1 nitrogen and oxygen atoms in total. The van der Waals surface area contributed by atoms with E-state index in [4.69, 9.17) is 34.8 Å². The van der Waals surface area contributed by atoms with E-state index in [-0.39, 0.29) is 0 Å². The van der Waals surface area contributed by atoms with Crippen molar-refractivity contribution in [2.24, 2.45) is 0 Å². The highest BCUT2D eigenvalue weighted by Crippen LogP contribution is 2.30.